The van der Waals surface area contributed by atoms with Crippen LogP contribution >= 0.6 is 0 Å². The molecule has 0 saturated carbocycles. The number of hydrogen-bond acceptors (Lipinski definition) is 4. The largest absolute Gasteiger partial charge is 1.00 e. The first-order valence-electron chi connectivity index (χ1n) is 8.89. The molecule has 2 aromatic carbocycles. The van der Waals surface area contributed by atoms with E-state index in [1.165, 1.54) is 16.7 Å². The maximum Gasteiger partial charge on any atom is 0.231 e. The van der Waals surface area contributed by atoms with Gasteiger partial charge in [0.1, 0.15) is 7.05 Å². The van der Waals surface area contributed by atoms with Gasteiger partial charge in [-0.3, -0.25) is 0 Å². The Labute approximate surface area is 165 Å². The second-order valence-electron chi connectivity index (χ2n) is 6.65. The molecule has 1 unspecified atom stereocenters. The van der Waals surface area contributed by atoms with E-state index in [4.69, 9.17) is 18.9 Å². The molecule has 0 radical (unpaired) electrons. The summed E-state index contributed by atoms with van der Waals surface area (Å²) < 4.78 is 24.5. The fourth-order valence-electron chi connectivity index (χ4n) is 3.90. The van der Waals surface area contributed by atoms with Crippen molar-refractivity contribution < 1.29 is 35.9 Å². The Bertz CT molecular complexity index is 894. The molecule has 2 heterocycles. The molecule has 0 bridgehead atoms. The van der Waals surface area contributed by atoms with E-state index in [0.29, 0.717) is 6.79 Å². The third kappa shape index (κ3) is 3.21. The topological polar surface area (TPSA) is 39.9 Å². The van der Waals surface area contributed by atoms with Gasteiger partial charge >= 0.3 is 0 Å². The number of fused-ring (bicyclic) bond motifs is 2. The SMILES string of the molecule is CCc1cc2c(cc1C1Cc3ccc(OC)c(OC)c3C=[N+]1C)OCO2.[Cl-]. The zero-order chi connectivity index (χ0) is 18.3. The molecule has 1 atom stereocenters. The second-order valence-corrected chi connectivity index (χ2v) is 6.65. The maximum atomic E-state index is 5.61. The molecule has 0 saturated heterocycles. The number of likely N-dealkylation sites (N-methyl/N-ethyl adjacent to an activating group) is 1. The Morgan fingerprint density at radius 3 is 2.52 bits per heavy atom. The summed E-state index contributed by atoms with van der Waals surface area (Å²) in [5.41, 5.74) is 4.93. The van der Waals surface area contributed by atoms with Gasteiger partial charge in [0.2, 0.25) is 6.79 Å². The van der Waals surface area contributed by atoms with Gasteiger partial charge in [0.15, 0.2) is 35.3 Å². The number of rotatable bonds is 4. The van der Waals surface area contributed by atoms with Crippen LogP contribution in [-0.4, -0.2) is 38.9 Å². The molecule has 0 aromatic heterocycles. The number of nitrogens with zero attached hydrogens (tertiary/aromatic N) is 1. The van der Waals surface area contributed by atoms with Crippen LogP contribution in [-0.2, 0) is 12.8 Å². The third-order valence-electron chi connectivity index (χ3n) is 5.29. The van der Waals surface area contributed by atoms with Gasteiger partial charge in [-0.2, -0.15) is 0 Å². The van der Waals surface area contributed by atoms with Gasteiger partial charge in [-0.15, -0.1) is 0 Å². The molecule has 2 aliphatic heterocycles. The summed E-state index contributed by atoms with van der Waals surface area (Å²) in [6.45, 7) is 2.48. The highest BCUT2D eigenvalue weighted by atomic mass is 35.5. The monoisotopic (exact) mass is 389 g/mol. The van der Waals surface area contributed by atoms with Crippen molar-refractivity contribution in [2.24, 2.45) is 0 Å². The van der Waals surface area contributed by atoms with E-state index in [0.717, 1.165) is 41.4 Å². The smallest absolute Gasteiger partial charge is 0.231 e. The standard InChI is InChI=1S/C21H24NO4.ClH/c1-5-13-9-19-20(26-12-25-19)10-15(13)17-8-14-6-7-18(23-3)21(24-4)16(14)11-22(17)2;/h6-7,9-11,17H,5,8,12H2,1-4H3;1H/q+1;/p-1. The van der Waals surface area contributed by atoms with Gasteiger partial charge in [0.05, 0.1) is 19.8 Å². The zero-order valence-corrected chi connectivity index (χ0v) is 16.8. The van der Waals surface area contributed by atoms with E-state index < -0.39 is 0 Å². The first-order valence-corrected chi connectivity index (χ1v) is 8.89. The van der Waals surface area contributed by atoms with Crippen LogP contribution in [0.25, 0.3) is 0 Å². The van der Waals surface area contributed by atoms with E-state index in [1.54, 1.807) is 14.2 Å². The van der Waals surface area contributed by atoms with Crippen LogP contribution in [0.5, 0.6) is 23.0 Å². The Balaban J connectivity index is 0.00000210. The first-order chi connectivity index (χ1) is 12.7. The predicted molar refractivity (Wildman–Crippen MR) is 99.3 cm³/mol. The van der Waals surface area contributed by atoms with E-state index >= 15 is 0 Å². The lowest BCUT2D eigenvalue weighted by Crippen LogP contribution is -3.00. The molecule has 0 aliphatic carbocycles. The minimum Gasteiger partial charge on any atom is -1.00 e. The molecule has 0 N–H and O–H groups in total. The number of aryl methyl sites for hydroxylation is 1. The van der Waals surface area contributed by atoms with Crippen LogP contribution < -0.4 is 31.4 Å². The van der Waals surface area contributed by atoms with Gasteiger partial charge in [-0.05, 0) is 35.7 Å². The van der Waals surface area contributed by atoms with E-state index in [-0.39, 0.29) is 18.4 Å². The van der Waals surface area contributed by atoms with Crippen molar-refractivity contribution in [1.29, 1.82) is 0 Å². The Morgan fingerprint density at radius 1 is 1.11 bits per heavy atom. The summed E-state index contributed by atoms with van der Waals surface area (Å²) in [4.78, 5) is 0. The Morgan fingerprint density at radius 2 is 1.85 bits per heavy atom. The van der Waals surface area contributed by atoms with Crippen molar-refractivity contribution in [2.75, 3.05) is 28.1 Å². The summed E-state index contributed by atoms with van der Waals surface area (Å²) in [5.74, 6) is 3.23. The lowest BCUT2D eigenvalue weighted by atomic mass is 9.88. The number of halogens is 1. The average molecular weight is 390 g/mol. The molecule has 4 rings (SSSR count). The van der Waals surface area contributed by atoms with Crippen molar-refractivity contribution >= 4 is 6.21 Å². The van der Waals surface area contributed by atoms with Gasteiger partial charge in [-0.1, -0.05) is 13.0 Å². The molecule has 5 nitrogen and oxygen atoms in total. The minimum atomic E-state index is 0. The number of methoxy groups -OCH3 is 2. The molecule has 0 amide bonds. The molecule has 27 heavy (non-hydrogen) atoms. The zero-order valence-electron chi connectivity index (χ0n) is 16.0. The fraction of sp³-hybridized carbons (Fsp3) is 0.381. The second kappa shape index (κ2) is 7.69. The lowest BCUT2D eigenvalue weighted by Gasteiger charge is -2.23. The molecule has 6 heteroatoms. The van der Waals surface area contributed by atoms with Crippen molar-refractivity contribution in [3.63, 3.8) is 0 Å². The van der Waals surface area contributed by atoms with Gasteiger partial charge in [0, 0.05) is 12.0 Å². The van der Waals surface area contributed by atoms with Gasteiger partial charge in [0.25, 0.3) is 0 Å². The molecule has 0 spiro atoms. The van der Waals surface area contributed by atoms with E-state index in [9.17, 15) is 0 Å². The van der Waals surface area contributed by atoms with Crippen molar-refractivity contribution in [3.05, 3.63) is 46.5 Å². The molecular formula is C21H24ClNO4. The van der Waals surface area contributed by atoms with Crippen LogP contribution in [0.3, 0.4) is 0 Å². The van der Waals surface area contributed by atoms with Gasteiger partial charge < -0.3 is 31.4 Å². The number of ether oxygens (including phenoxy) is 4. The normalized spacial score (nSPS) is 16.9. The van der Waals surface area contributed by atoms with Crippen molar-refractivity contribution in [3.8, 4) is 23.0 Å². The predicted octanol–water partition coefficient (Wildman–Crippen LogP) is 0.357. The summed E-state index contributed by atoms with van der Waals surface area (Å²) >= 11 is 0. The Hall–Kier alpha value is -2.40. The Kier molecular flexibility index (Phi) is 5.51. The van der Waals surface area contributed by atoms with Crippen molar-refractivity contribution in [2.45, 2.75) is 25.8 Å². The van der Waals surface area contributed by atoms with Crippen molar-refractivity contribution in [1.82, 2.24) is 0 Å². The summed E-state index contributed by atoms with van der Waals surface area (Å²) in [5, 5.41) is 0. The summed E-state index contributed by atoms with van der Waals surface area (Å²) in [6.07, 6.45) is 4.00. The molecular weight excluding hydrogens is 366 g/mol. The van der Waals surface area contributed by atoms with E-state index in [2.05, 4.69) is 43.0 Å². The quantitative estimate of drug-likeness (QED) is 0.708. The third-order valence-corrected chi connectivity index (χ3v) is 5.29. The molecule has 0 fully saturated rings. The summed E-state index contributed by atoms with van der Waals surface area (Å²) in [6, 6.07) is 8.61. The van der Waals surface area contributed by atoms with Crippen LogP contribution in [0.2, 0.25) is 0 Å². The fourth-order valence-corrected chi connectivity index (χ4v) is 3.90. The van der Waals surface area contributed by atoms with Crippen LogP contribution in [0.4, 0.5) is 0 Å². The van der Waals surface area contributed by atoms with Gasteiger partial charge in [-0.25, -0.2) is 4.58 Å². The summed E-state index contributed by atoms with van der Waals surface area (Å²) in [7, 11) is 5.46. The number of benzene rings is 2. The lowest BCUT2D eigenvalue weighted by molar-refractivity contribution is -0.541. The van der Waals surface area contributed by atoms with Crippen LogP contribution in [0.1, 0.15) is 35.2 Å². The highest BCUT2D eigenvalue weighted by Crippen LogP contribution is 2.41. The van der Waals surface area contributed by atoms with Crippen LogP contribution in [0.15, 0.2) is 24.3 Å². The van der Waals surface area contributed by atoms with Crippen LogP contribution in [0, 0.1) is 0 Å². The maximum absolute atomic E-state index is 5.61. The average Bonchev–Trinajstić information content (AvgIpc) is 3.12. The molecule has 2 aromatic rings. The minimum absolute atomic E-state index is 0. The van der Waals surface area contributed by atoms with E-state index in [1.807, 2.05) is 6.07 Å². The first kappa shape index (κ1) is 19.4. The number of hydrogen-bond donors (Lipinski definition) is 0. The highest BCUT2D eigenvalue weighted by molar-refractivity contribution is 5.85. The highest BCUT2D eigenvalue weighted by Gasteiger charge is 2.32. The molecule has 2 aliphatic rings. The molecule has 144 valence electrons.